The molecule has 4 nitrogen and oxygen atoms in total. The molecule has 0 bridgehead atoms. The predicted molar refractivity (Wildman–Crippen MR) is 54.0 cm³/mol. The molecule has 0 aromatic carbocycles. The van der Waals surface area contributed by atoms with Gasteiger partial charge in [-0.3, -0.25) is 0 Å². The molecule has 1 atom stereocenters. The number of hydrogen-bond acceptors (Lipinski definition) is 4. The highest BCUT2D eigenvalue weighted by Gasteiger charge is 2.31. The van der Waals surface area contributed by atoms with Crippen molar-refractivity contribution in [1.82, 2.24) is 15.3 Å². The van der Waals surface area contributed by atoms with Crippen LogP contribution in [0.15, 0.2) is 12.4 Å². The lowest BCUT2D eigenvalue weighted by atomic mass is 10.3. The number of anilines is 1. The van der Waals surface area contributed by atoms with Crippen LogP contribution in [0.25, 0.3) is 0 Å². The lowest BCUT2D eigenvalue weighted by Crippen LogP contribution is -2.29. The van der Waals surface area contributed by atoms with Gasteiger partial charge in [-0.1, -0.05) is 0 Å². The van der Waals surface area contributed by atoms with Crippen LogP contribution in [0.5, 0.6) is 0 Å². The Bertz CT molecular complexity index is 323. The van der Waals surface area contributed by atoms with E-state index in [1.807, 2.05) is 6.92 Å². The third-order valence-corrected chi connectivity index (χ3v) is 2.04. The van der Waals surface area contributed by atoms with Gasteiger partial charge in [-0.2, -0.15) is 13.2 Å². The molecule has 0 aliphatic heterocycles. The molecule has 1 aromatic heterocycles. The van der Waals surface area contributed by atoms with Crippen molar-refractivity contribution < 1.29 is 13.2 Å². The second-order valence-electron chi connectivity index (χ2n) is 3.36. The Labute approximate surface area is 91.3 Å². The number of nitrogens with one attached hydrogen (secondary N) is 2. The summed E-state index contributed by atoms with van der Waals surface area (Å²) in [6.45, 7) is 2.47. The van der Waals surface area contributed by atoms with E-state index >= 15 is 0 Å². The fourth-order valence-electron chi connectivity index (χ4n) is 0.912. The van der Waals surface area contributed by atoms with E-state index < -0.39 is 11.7 Å². The first kappa shape index (κ1) is 12.7. The van der Waals surface area contributed by atoms with E-state index in [9.17, 15) is 13.2 Å². The van der Waals surface area contributed by atoms with Gasteiger partial charge >= 0.3 is 6.18 Å². The summed E-state index contributed by atoms with van der Waals surface area (Å²) >= 11 is 0. The third-order valence-electron chi connectivity index (χ3n) is 2.04. The van der Waals surface area contributed by atoms with Gasteiger partial charge in [0.25, 0.3) is 0 Å². The van der Waals surface area contributed by atoms with Crippen molar-refractivity contribution >= 4 is 5.95 Å². The van der Waals surface area contributed by atoms with Crippen molar-refractivity contribution in [3.8, 4) is 0 Å². The summed E-state index contributed by atoms with van der Waals surface area (Å²) in [7, 11) is 1.79. The first-order valence-corrected chi connectivity index (χ1v) is 4.74. The number of hydrogen-bond donors (Lipinski definition) is 2. The number of nitrogens with zero attached hydrogens (tertiary/aromatic N) is 2. The topological polar surface area (TPSA) is 49.8 Å². The fraction of sp³-hybridized carbons (Fsp3) is 0.556. The van der Waals surface area contributed by atoms with Gasteiger partial charge in [-0.05, 0) is 14.0 Å². The molecule has 0 radical (unpaired) electrons. The Hall–Kier alpha value is -1.37. The molecule has 1 aromatic rings. The summed E-state index contributed by atoms with van der Waals surface area (Å²) in [6.07, 6.45) is -2.87. The average molecular weight is 234 g/mol. The highest BCUT2D eigenvalue weighted by atomic mass is 19.4. The molecule has 0 amide bonds. The molecule has 0 fully saturated rings. The van der Waals surface area contributed by atoms with Gasteiger partial charge in [0.15, 0.2) is 0 Å². The van der Waals surface area contributed by atoms with Crippen molar-refractivity contribution in [3.05, 3.63) is 18.0 Å². The van der Waals surface area contributed by atoms with Crippen LogP contribution in [0.4, 0.5) is 19.1 Å². The Kier molecular flexibility index (Phi) is 4.05. The fourth-order valence-corrected chi connectivity index (χ4v) is 0.912. The van der Waals surface area contributed by atoms with Crippen molar-refractivity contribution in [2.24, 2.45) is 0 Å². The SMILES string of the molecule is CN[C@@H](C)CNc1ncc(C(F)(F)F)cn1. The summed E-state index contributed by atoms with van der Waals surface area (Å²) in [6, 6.07) is 0.186. The monoisotopic (exact) mass is 234 g/mol. The molecule has 0 aliphatic carbocycles. The number of halogens is 3. The van der Waals surface area contributed by atoms with Gasteiger partial charge in [-0.15, -0.1) is 0 Å². The number of likely N-dealkylation sites (N-methyl/N-ethyl adjacent to an activating group) is 1. The summed E-state index contributed by atoms with van der Waals surface area (Å²) in [5.41, 5.74) is -0.847. The molecule has 1 heterocycles. The maximum Gasteiger partial charge on any atom is 0.419 e. The van der Waals surface area contributed by atoms with Gasteiger partial charge < -0.3 is 10.6 Å². The molecule has 0 aliphatic rings. The first-order valence-electron chi connectivity index (χ1n) is 4.74. The van der Waals surface area contributed by atoms with Crippen LogP contribution in [0.3, 0.4) is 0 Å². The average Bonchev–Trinajstić information content (AvgIpc) is 2.25. The normalized spacial score (nSPS) is 13.6. The van der Waals surface area contributed by atoms with Gasteiger partial charge in [-0.25, -0.2) is 9.97 Å². The van der Waals surface area contributed by atoms with Crippen molar-refractivity contribution in [1.29, 1.82) is 0 Å². The van der Waals surface area contributed by atoms with Crippen molar-refractivity contribution in [3.63, 3.8) is 0 Å². The zero-order valence-corrected chi connectivity index (χ0v) is 8.97. The predicted octanol–water partition coefficient (Wildman–Crippen LogP) is 1.52. The molecule has 16 heavy (non-hydrogen) atoms. The Morgan fingerprint density at radius 1 is 1.31 bits per heavy atom. The minimum Gasteiger partial charge on any atom is -0.353 e. The molecular formula is C9H13F3N4. The molecule has 0 unspecified atom stereocenters. The molecule has 0 spiro atoms. The maximum atomic E-state index is 12.2. The quantitative estimate of drug-likeness (QED) is 0.829. The highest BCUT2D eigenvalue weighted by Crippen LogP contribution is 2.27. The number of alkyl halides is 3. The van der Waals surface area contributed by atoms with E-state index in [1.165, 1.54) is 0 Å². The van der Waals surface area contributed by atoms with E-state index in [-0.39, 0.29) is 12.0 Å². The van der Waals surface area contributed by atoms with Crippen LogP contribution >= 0.6 is 0 Å². The van der Waals surface area contributed by atoms with Gasteiger partial charge in [0.2, 0.25) is 5.95 Å². The van der Waals surface area contributed by atoms with E-state index in [2.05, 4.69) is 20.6 Å². The van der Waals surface area contributed by atoms with Crippen molar-refractivity contribution in [2.45, 2.75) is 19.1 Å². The van der Waals surface area contributed by atoms with E-state index in [4.69, 9.17) is 0 Å². The van der Waals surface area contributed by atoms with Crippen LogP contribution in [-0.4, -0.2) is 29.6 Å². The van der Waals surface area contributed by atoms with Crippen LogP contribution in [0.1, 0.15) is 12.5 Å². The van der Waals surface area contributed by atoms with Crippen LogP contribution < -0.4 is 10.6 Å². The largest absolute Gasteiger partial charge is 0.419 e. The van der Waals surface area contributed by atoms with E-state index in [0.717, 1.165) is 12.4 Å². The van der Waals surface area contributed by atoms with E-state index in [0.29, 0.717) is 6.54 Å². The Morgan fingerprint density at radius 3 is 2.31 bits per heavy atom. The molecule has 1 rings (SSSR count). The van der Waals surface area contributed by atoms with Crippen molar-refractivity contribution in [2.75, 3.05) is 18.9 Å². The molecule has 90 valence electrons. The number of rotatable bonds is 4. The lowest BCUT2D eigenvalue weighted by Gasteiger charge is -2.11. The minimum atomic E-state index is -4.39. The smallest absolute Gasteiger partial charge is 0.353 e. The third kappa shape index (κ3) is 3.65. The summed E-state index contributed by atoms with van der Waals surface area (Å²) in [4.78, 5) is 7.16. The summed E-state index contributed by atoms with van der Waals surface area (Å²) in [5, 5.41) is 5.79. The first-order chi connectivity index (χ1) is 7.43. The zero-order valence-electron chi connectivity index (χ0n) is 8.97. The Balaban J connectivity index is 2.58. The minimum absolute atomic E-state index is 0.186. The molecule has 0 saturated carbocycles. The van der Waals surface area contributed by atoms with Gasteiger partial charge in [0, 0.05) is 25.0 Å². The van der Waals surface area contributed by atoms with Crippen LogP contribution in [0.2, 0.25) is 0 Å². The number of aromatic nitrogens is 2. The summed E-state index contributed by atoms with van der Waals surface area (Å²) < 4.78 is 36.5. The van der Waals surface area contributed by atoms with Gasteiger partial charge in [0.1, 0.15) is 0 Å². The highest BCUT2D eigenvalue weighted by molar-refractivity contribution is 5.25. The van der Waals surface area contributed by atoms with E-state index in [1.54, 1.807) is 7.05 Å². The zero-order chi connectivity index (χ0) is 12.2. The Morgan fingerprint density at radius 2 is 1.88 bits per heavy atom. The lowest BCUT2D eigenvalue weighted by molar-refractivity contribution is -0.138. The summed E-state index contributed by atoms with van der Waals surface area (Å²) in [5.74, 6) is 0.190. The standard InChI is InChI=1S/C9H13F3N4/c1-6(13-2)3-14-8-15-4-7(5-16-8)9(10,11)12/h4-6,13H,3H2,1-2H3,(H,14,15,16)/t6-/m0/s1. The second kappa shape index (κ2) is 5.11. The molecule has 7 heteroatoms. The molecular weight excluding hydrogens is 221 g/mol. The molecule has 2 N–H and O–H groups in total. The molecule has 0 saturated heterocycles. The van der Waals surface area contributed by atoms with Crippen LogP contribution in [0, 0.1) is 0 Å². The van der Waals surface area contributed by atoms with Gasteiger partial charge in [0.05, 0.1) is 5.56 Å². The second-order valence-corrected chi connectivity index (χ2v) is 3.36. The maximum absolute atomic E-state index is 12.2. The van der Waals surface area contributed by atoms with Crippen LogP contribution in [-0.2, 0) is 6.18 Å².